The van der Waals surface area contributed by atoms with Crippen LogP contribution in [0.15, 0.2) is 24.3 Å². The molecule has 0 aliphatic heterocycles. The Labute approximate surface area is 130 Å². The van der Waals surface area contributed by atoms with Crippen molar-refractivity contribution in [1.82, 2.24) is 0 Å². The van der Waals surface area contributed by atoms with Gasteiger partial charge in [0.2, 0.25) is 11.8 Å². The average molecular weight is 298 g/mol. The van der Waals surface area contributed by atoms with Crippen LogP contribution < -0.4 is 11.1 Å². The molecule has 4 aliphatic rings. The van der Waals surface area contributed by atoms with Crippen LogP contribution in [-0.4, -0.2) is 11.8 Å². The molecule has 4 heteroatoms. The van der Waals surface area contributed by atoms with Crippen LogP contribution in [0.25, 0.3) is 0 Å². The van der Waals surface area contributed by atoms with Crippen molar-refractivity contribution in [3.63, 3.8) is 0 Å². The molecule has 1 aromatic carbocycles. The van der Waals surface area contributed by atoms with Gasteiger partial charge in [-0.25, -0.2) is 0 Å². The molecule has 2 amide bonds. The van der Waals surface area contributed by atoms with Gasteiger partial charge in [-0.2, -0.15) is 0 Å². The number of nitrogens with one attached hydrogen (secondary N) is 1. The normalized spacial score (nSPS) is 35.4. The van der Waals surface area contributed by atoms with E-state index < -0.39 is 5.91 Å². The van der Waals surface area contributed by atoms with Gasteiger partial charge < -0.3 is 11.1 Å². The lowest BCUT2D eigenvalue weighted by atomic mass is 9.51. The lowest BCUT2D eigenvalue weighted by Crippen LogP contribution is -2.49. The fourth-order valence-corrected chi connectivity index (χ4v) is 5.33. The van der Waals surface area contributed by atoms with Crippen molar-refractivity contribution in [2.24, 2.45) is 35.3 Å². The highest BCUT2D eigenvalue weighted by Gasteiger charge is 2.50. The first-order chi connectivity index (χ1) is 10.6. The second-order valence-corrected chi connectivity index (χ2v) is 7.39. The maximum Gasteiger partial charge on any atom is 0.248 e. The molecule has 0 aromatic heterocycles. The standard InChI is InChI=1S/C18H22N2O2/c19-17(21)12-2-1-3-15(9-12)20-18(22)16-13-5-10-4-11(7-13)8-14(16)6-10/h1-3,9-11,13-14,16H,4-8H2,(H2,19,21)(H,20,22). The molecule has 0 unspecified atom stereocenters. The van der Waals surface area contributed by atoms with Crippen molar-refractivity contribution in [2.45, 2.75) is 32.1 Å². The fraction of sp³-hybridized carbons (Fsp3) is 0.556. The van der Waals surface area contributed by atoms with Crippen LogP contribution in [0.2, 0.25) is 0 Å². The Kier molecular flexibility index (Phi) is 3.21. The molecule has 1 aromatic rings. The molecule has 3 N–H and O–H groups in total. The smallest absolute Gasteiger partial charge is 0.248 e. The third kappa shape index (κ3) is 2.31. The van der Waals surface area contributed by atoms with E-state index in [2.05, 4.69) is 5.32 Å². The van der Waals surface area contributed by atoms with Crippen LogP contribution in [0.5, 0.6) is 0 Å². The van der Waals surface area contributed by atoms with Crippen LogP contribution in [0.1, 0.15) is 42.5 Å². The Morgan fingerprint density at radius 1 is 1.00 bits per heavy atom. The number of amides is 2. The summed E-state index contributed by atoms with van der Waals surface area (Å²) in [7, 11) is 0. The SMILES string of the molecule is NC(=O)c1cccc(NC(=O)C2C3CC4CC(C3)CC2C4)c1. The van der Waals surface area contributed by atoms with Crippen LogP contribution in [0.3, 0.4) is 0 Å². The van der Waals surface area contributed by atoms with Gasteiger partial charge in [0.05, 0.1) is 0 Å². The second kappa shape index (κ2) is 5.11. The molecular formula is C18H22N2O2. The first-order valence-electron chi connectivity index (χ1n) is 8.31. The highest BCUT2D eigenvalue weighted by molar-refractivity contribution is 5.97. The largest absolute Gasteiger partial charge is 0.366 e. The topological polar surface area (TPSA) is 72.2 Å². The van der Waals surface area contributed by atoms with E-state index in [1.165, 1.54) is 32.1 Å². The molecule has 22 heavy (non-hydrogen) atoms. The summed E-state index contributed by atoms with van der Waals surface area (Å²) in [6.07, 6.45) is 6.31. The fourth-order valence-electron chi connectivity index (χ4n) is 5.33. The predicted molar refractivity (Wildman–Crippen MR) is 84.1 cm³/mol. The molecule has 5 rings (SSSR count). The molecule has 0 heterocycles. The Morgan fingerprint density at radius 2 is 1.64 bits per heavy atom. The summed E-state index contributed by atoms with van der Waals surface area (Å²) in [5, 5.41) is 3.02. The summed E-state index contributed by atoms with van der Waals surface area (Å²) in [6.45, 7) is 0. The number of benzene rings is 1. The molecule has 0 atom stereocenters. The third-order valence-corrected chi connectivity index (χ3v) is 5.94. The summed E-state index contributed by atoms with van der Waals surface area (Å²) in [4.78, 5) is 24.0. The molecule has 0 saturated heterocycles. The summed E-state index contributed by atoms with van der Waals surface area (Å²) in [5.41, 5.74) is 6.41. The van der Waals surface area contributed by atoms with E-state index in [1.807, 2.05) is 6.07 Å². The monoisotopic (exact) mass is 298 g/mol. The van der Waals surface area contributed by atoms with Crippen molar-refractivity contribution >= 4 is 17.5 Å². The molecule has 116 valence electrons. The van der Waals surface area contributed by atoms with Gasteiger partial charge in [-0.3, -0.25) is 9.59 Å². The predicted octanol–water partition coefficient (Wildman–Crippen LogP) is 2.80. The van der Waals surface area contributed by atoms with E-state index in [-0.39, 0.29) is 11.8 Å². The molecular weight excluding hydrogens is 276 g/mol. The molecule has 4 fully saturated rings. The maximum atomic E-state index is 12.8. The summed E-state index contributed by atoms with van der Waals surface area (Å²) >= 11 is 0. The number of primary amides is 1. The Bertz CT molecular complexity index is 597. The molecule has 4 nitrogen and oxygen atoms in total. The Balaban J connectivity index is 1.51. The zero-order chi connectivity index (χ0) is 15.3. The maximum absolute atomic E-state index is 12.8. The van der Waals surface area contributed by atoms with Crippen LogP contribution >= 0.6 is 0 Å². The third-order valence-electron chi connectivity index (χ3n) is 5.94. The minimum Gasteiger partial charge on any atom is -0.366 e. The minimum atomic E-state index is -0.467. The lowest BCUT2D eigenvalue weighted by molar-refractivity contribution is -0.132. The number of rotatable bonds is 3. The number of anilines is 1. The van der Waals surface area contributed by atoms with Crippen molar-refractivity contribution in [2.75, 3.05) is 5.32 Å². The van der Waals surface area contributed by atoms with E-state index >= 15 is 0 Å². The van der Waals surface area contributed by atoms with Crippen LogP contribution in [0.4, 0.5) is 5.69 Å². The van der Waals surface area contributed by atoms with Gasteiger partial charge in [0, 0.05) is 17.2 Å². The van der Waals surface area contributed by atoms with E-state index in [9.17, 15) is 9.59 Å². The summed E-state index contributed by atoms with van der Waals surface area (Å²) < 4.78 is 0. The van der Waals surface area contributed by atoms with E-state index in [0.29, 0.717) is 23.1 Å². The van der Waals surface area contributed by atoms with E-state index in [4.69, 9.17) is 5.73 Å². The number of hydrogen-bond donors (Lipinski definition) is 2. The molecule has 4 bridgehead atoms. The van der Waals surface area contributed by atoms with Crippen LogP contribution in [0, 0.1) is 29.6 Å². The number of carbonyl (C=O) groups is 2. The Hall–Kier alpha value is -1.84. The highest BCUT2D eigenvalue weighted by atomic mass is 16.2. The average Bonchev–Trinajstić information content (AvgIpc) is 2.46. The molecule has 0 radical (unpaired) electrons. The number of nitrogens with two attached hydrogens (primary N) is 1. The van der Waals surface area contributed by atoms with Gasteiger partial charge in [0.1, 0.15) is 0 Å². The lowest BCUT2D eigenvalue weighted by Gasteiger charge is -2.53. The van der Waals surface area contributed by atoms with Crippen molar-refractivity contribution in [3.8, 4) is 0 Å². The van der Waals surface area contributed by atoms with Crippen LogP contribution in [-0.2, 0) is 4.79 Å². The van der Waals surface area contributed by atoms with Crippen molar-refractivity contribution < 1.29 is 9.59 Å². The summed E-state index contributed by atoms with van der Waals surface area (Å²) in [5.74, 6) is 2.69. The van der Waals surface area contributed by atoms with Gasteiger partial charge in [0.25, 0.3) is 0 Å². The zero-order valence-corrected chi connectivity index (χ0v) is 12.6. The van der Waals surface area contributed by atoms with E-state index in [0.717, 1.165) is 11.8 Å². The second-order valence-electron chi connectivity index (χ2n) is 7.39. The number of carbonyl (C=O) groups excluding carboxylic acids is 2. The van der Waals surface area contributed by atoms with E-state index in [1.54, 1.807) is 18.2 Å². The first kappa shape index (κ1) is 13.8. The van der Waals surface area contributed by atoms with Gasteiger partial charge in [-0.05, 0) is 74.0 Å². The highest BCUT2D eigenvalue weighted by Crippen LogP contribution is 2.56. The number of hydrogen-bond acceptors (Lipinski definition) is 2. The molecule has 0 spiro atoms. The van der Waals surface area contributed by atoms with Gasteiger partial charge >= 0.3 is 0 Å². The zero-order valence-electron chi connectivity index (χ0n) is 12.6. The van der Waals surface area contributed by atoms with Gasteiger partial charge in [-0.1, -0.05) is 6.07 Å². The Morgan fingerprint density at radius 3 is 2.23 bits per heavy atom. The molecule has 4 saturated carbocycles. The molecule has 4 aliphatic carbocycles. The minimum absolute atomic E-state index is 0.135. The van der Waals surface area contributed by atoms with Crippen molar-refractivity contribution in [3.05, 3.63) is 29.8 Å². The van der Waals surface area contributed by atoms with Crippen molar-refractivity contribution in [1.29, 1.82) is 0 Å². The quantitative estimate of drug-likeness (QED) is 0.900. The first-order valence-corrected chi connectivity index (χ1v) is 8.31. The van der Waals surface area contributed by atoms with Gasteiger partial charge in [-0.15, -0.1) is 0 Å². The van der Waals surface area contributed by atoms with Gasteiger partial charge in [0.15, 0.2) is 0 Å². The summed E-state index contributed by atoms with van der Waals surface area (Å²) in [6, 6.07) is 6.91.